The molecular weight excluding hydrogens is 390 g/mol. The van der Waals surface area contributed by atoms with Crippen LogP contribution in [0.4, 0.5) is 0 Å². The molecular formula is C26H17NO4. The molecule has 150 valence electrons. The first-order chi connectivity index (χ1) is 15.3. The number of pyridine rings is 1. The van der Waals surface area contributed by atoms with E-state index in [1.54, 1.807) is 0 Å². The molecule has 0 N–H and O–H groups in total. The molecule has 5 nitrogen and oxygen atoms in total. The number of hydrogen-bond donors (Lipinski definition) is 0. The van der Waals surface area contributed by atoms with Crippen molar-refractivity contribution in [2.24, 2.45) is 0 Å². The Balaban J connectivity index is 1.58. The van der Waals surface area contributed by atoms with Gasteiger partial charge in [0.15, 0.2) is 23.0 Å². The van der Waals surface area contributed by atoms with Crippen molar-refractivity contribution >= 4 is 32.4 Å². The zero-order valence-electron chi connectivity index (χ0n) is 16.6. The Morgan fingerprint density at radius 2 is 1.39 bits per heavy atom. The Bertz CT molecular complexity index is 1510. The lowest BCUT2D eigenvalue weighted by Gasteiger charge is -2.13. The molecule has 0 bridgehead atoms. The van der Waals surface area contributed by atoms with E-state index in [9.17, 15) is 0 Å². The first kappa shape index (κ1) is 16.8. The van der Waals surface area contributed by atoms with Gasteiger partial charge in [-0.1, -0.05) is 30.3 Å². The summed E-state index contributed by atoms with van der Waals surface area (Å²) in [5, 5.41) is 5.35. The normalized spacial score (nSPS) is 14.1. The SMILES string of the molecule is c1ccc(Cc2cc3c4ccc5c(c4cnc3c3cc4c(cc23)OCO4)OCO5)cc1. The standard InChI is InChI=1S/C26H17NO4/c1-2-4-15(5-3-1)8-16-9-19-17-6-7-22-26(31-14-28-22)21(17)12-27-25(19)20-11-24-23(10-18(16)20)29-13-30-24/h1-7,9-12H,8,13-14H2. The summed E-state index contributed by atoms with van der Waals surface area (Å²) in [7, 11) is 0. The van der Waals surface area contributed by atoms with E-state index < -0.39 is 0 Å². The number of nitrogens with zero attached hydrogens (tertiary/aromatic N) is 1. The fourth-order valence-corrected chi connectivity index (χ4v) is 4.66. The highest BCUT2D eigenvalue weighted by molar-refractivity contribution is 6.17. The van der Waals surface area contributed by atoms with Crippen molar-refractivity contribution in [2.45, 2.75) is 6.42 Å². The molecule has 1 aromatic heterocycles. The Morgan fingerprint density at radius 1 is 0.645 bits per heavy atom. The van der Waals surface area contributed by atoms with Gasteiger partial charge in [-0.15, -0.1) is 0 Å². The van der Waals surface area contributed by atoms with Crippen LogP contribution in [0.5, 0.6) is 23.0 Å². The largest absolute Gasteiger partial charge is 0.454 e. The maximum atomic E-state index is 5.74. The average molecular weight is 407 g/mol. The number of ether oxygens (including phenoxy) is 4. The summed E-state index contributed by atoms with van der Waals surface area (Å²) >= 11 is 0. The molecule has 7 rings (SSSR count). The van der Waals surface area contributed by atoms with Crippen LogP contribution in [0.1, 0.15) is 11.1 Å². The maximum absolute atomic E-state index is 5.74. The van der Waals surface area contributed by atoms with E-state index in [0.717, 1.165) is 61.9 Å². The molecule has 5 heteroatoms. The molecule has 31 heavy (non-hydrogen) atoms. The van der Waals surface area contributed by atoms with Crippen molar-refractivity contribution in [2.75, 3.05) is 13.6 Å². The molecule has 0 amide bonds. The Labute approximate surface area is 177 Å². The lowest BCUT2D eigenvalue weighted by molar-refractivity contribution is 0.174. The van der Waals surface area contributed by atoms with Crippen molar-refractivity contribution < 1.29 is 18.9 Å². The second-order valence-electron chi connectivity index (χ2n) is 7.86. The van der Waals surface area contributed by atoms with Crippen molar-refractivity contribution in [3.8, 4) is 23.0 Å². The summed E-state index contributed by atoms with van der Waals surface area (Å²) in [5.74, 6) is 3.08. The highest BCUT2D eigenvalue weighted by atomic mass is 16.7. The van der Waals surface area contributed by atoms with Crippen molar-refractivity contribution in [3.63, 3.8) is 0 Å². The van der Waals surface area contributed by atoms with Crippen molar-refractivity contribution in [1.82, 2.24) is 4.98 Å². The fourth-order valence-electron chi connectivity index (χ4n) is 4.66. The molecule has 0 saturated heterocycles. The van der Waals surface area contributed by atoms with Gasteiger partial charge in [-0.25, -0.2) is 0 Å². The molecule has 3 heterocycles. The van der Waals surface area contributed by atoms with Crippen LogP contribution < -0.4 is 18.9 Å². The van der Waals surface area contributed by atoms with Gasteiger partial charge in [0.25, 0.3) is 0 Å². The molecule has 0 atom stereocenters. The molecule has 0 saturated carbocycles. The molecule has 0 unspecified atom stereocenters. The smallest absolute Gasteiger partial charge is 0.231 e. The van der Waals surface area contributed by atoms with E-state index in [2.05, 4.69) is 48.5 Å². The minimum absolute atomic E-state index is 0.243. The zero-order valence-corrected chi connectivity index (χ0v) is 16.6. The summed E-state index contributed by atoms with van der Waals surface area (Å²) in [6.07, 6.45) is 2.69. The van der Waals surface area contributed by atoms with Crippen LogP contribution in [0.3, 0.4) is 0 Å². The third kappa shape index (κ3) is 2.46. The number of aromatic nitrogens is 1. The highest BCUT2D eigenvalue weighted by Gasteiger charge is 2.21. The van der Waals surface area contributed by atoms with Gasteiger partial charge >= 0.3 is 0 Å². The number of benzene rings is 4. The van der Waals surface area contributed by atoms with Crippen LogP contribution in [0.15, 0.2) is 66.9 Å². The summed E-state index contributed by atoms with van der Waals surface area (Å²) < 4.78 is 22.6. The second-order valence-corrected chi connectivity index (χ2v) is 7.86. The molecule has 0 aliphatic carbocycles. The first-order valence-electron chi connectivity index (χ1n) is 10.3. The minimum atomic E-state index is 0.243. The third-order valence-corrected chi connectivity index (χ3v) is 6.12. The van der Waals surface area contributed by atoms with Gasteiger partial charge in [0.2, 0.25) is 13.6 Å². The molecule has 2 aliphatic rings. The lowest BCUT2D eigenvalue weighted by Crippen LogP contribution is -1.94. The van der Waals surface area contributed by atoms with E-state index in [4.69, 9.17) is 23.9 Å². The van der Waals surface area contributed by atoms with E-state index in [1.165, 1.54) is 11.1 Å². The number of rotatable bonds is 2. The predicted molar refractivity (Wildman–Crippen MR) is 118 cm³/mol. The highest BCUT2D eigenvalue weighted by Crippen LogP contribution is 2.44. The number of fused-ring (bicyclic) bond motifs is 8. The Morgan fingerprint density at radius 3 is 2.26 bits per heavy atom. The van der Waals surface area contributed by atoms with E-state index in [0.29, 0.717) is 0 Å². The molecule has 4 aromatic carbocycles. The summed E-state index contributed by atoms with van der Waals surface area (Å²) in [6, 6.07) is 21.0. The zero-order chi connectivity index (χ0) is 20.4. The van der Waals surface area contributed by atoms with Gasteiger partial charge in [-0.3, -0.25) is 4.98 Å². The van der Waals surface area contributed by atoms with Crippen molar-refractivity contribution in [3.05, 3.63) is 78.0 Å². The van der Waals surface area contributed by atoms with Gasteiger partial charge in [0.1, 0.15) is 0 Å². The van der Waals surface area contributed by atoms with Crippen LogP contribution in [0.25, 0.3) is 32.4 Å². The maximum Gasteiger partial charge on any atom is 0.231 e. The van der Waals surface area contributed by atoms with E-state index in [-0.39, 0.29) is 13.6 Å². The van der Waals surface area contributed by atoms with E-state index in [1.807, 2.05) is 18.3 Å². The van der Waals surface area contributed by atoms with Gasteiger partial charge in [-0.2, -0.15) is 0 Å². The lowest BCUT2D eigenvalue weighted by atomic mass is 9.93. The van der Waals surface area contributed by atoms with Gasteiger partial charge < -0.3 is 18.9 Å². The van der Waals surface area contributed by atoms with Gasteiger partial charge in [0, 0.05) is 22.4 Å². The van der Waals surface area contributed by atoms with Crippen LogP contribution in [0.2, 0.25) is 0 Å². The van der Waals surface area contributed by atoms with Crippen LogP contribution in [-0.2, 0) is 6.42 Å². The molecule has 0 fully saturated rings. The van der Waals surface area contributed by atoms with Gasteiger partial charge in [-0.05, 0) is 58.7 Å². The molecule has 5 aromatic rings. The molecule has 0 radical (unpaired) electrons. The molecule has 2 aliphatic heterocycles. The Hall–Kier alpha value is -3.99. The minimum Gasteiger partial charge on any atom is -0.454 e. The monoisotopic (exact) mass is 407 g/mol. The average Bonchev–Trinajstić information content (AvgIpc) is 3.47. The fraction of sp³-hybridized carbons (Fsp3) is 0.115. The third-order valence-electron chi connectivity index (χ3n) is 6.12. The van der Waals surface area contributed by atoms with Crippen molar-refractivity contribution in [1.29, 1.82) is 0 Å². The first-order valence-corrected chi connectivity index (χ1v) is 10.3. The van der Waals surface area contributed by atoms with Crippen LogP contribution in [-0.4, -0.2) is 18.6 Å². The summed E-state index contributed by atoms with van der Waals surface area (Å²) in [6.45, 7) is 0.490. The molecule has 0 spiro atoms. The second kappa shape index (κ2) is 6.25. The van der Waals surface area contributed by atoms with Crippen LogP contribution >= 0.6 is 0 Å². The Kier molecular flexibility index (Phi) is 3.38. The topological polar surface area (TPSA) is 49.8 Å². The summed E-state index contributed by atoms with van der Waals surface area (Å²) in [4.78, 5) is 4.86. The predicted octanol–water partition coefficient (Wildman–Crippen LogP) is 5.59. The summed E-state index contributed by atoms with van der Waals surface area (Å²) in [5.41, 5.74) is 3.42. The van der Waals surface area contributed by atoms with E-state index >= 15 is 0 Å². The van der Waals surface area contributed by atoms with Gasteiger partial charge in [0.05, 0.1) is 5.52 Å². The quantitative estimate of drug-likeness (QED) is 0.357. The number of hydrogen-bond acceptors (Lipinski definition) is 5. The van der Waals surface area contributed by atoms with Crippen LogP contribution in [0, 0.1) is 0 Å².